The minimum absolute atomic E-state index is 0.00734. The molecule has 2 amide bonds. The second-order valence-corrected chi connectivity index (χ2v) is 8.78. The summed E-state index contributed by atoms with van der Waals surface area (Å²) < 4.78 is 4.64. The molecule has 5 nitrogen and oxygen atoms in total. The summed E-state index contributed by atoms with van der Waals surface area (Å²) in [5.74, 6) is -0.0163. The van der Waals surface area contributed by atoms with Crippen molar-refractivity contribution in [2.45, 2.75) is 57.5 Å². The average molecular weight is 335 g/mol. The highest BCUT2D eigenvalue weighted by Crippen LogP contribution is 2.42. The lowest BCUT2D eigenvalue weighted by Crippen LogP contribution is -2.56. The van der Waals surface area contributed by atoms with Crippen LogP contribution in [0.15, 0.2) is 0 Å². The van der Waals surface area contributed by atoms with Crippen molar-refractivity contribution < 1.29 is 14.3 Å². The van der Waals surface area contributed by atoms with Gasteiger partial charge in [0.15, 0.2) is 0 Å². The van der Waals surface area contributed by atoms with E-state index in [0.29, 0.717) is 0 Å². The quantitative estimate of drug-likeness (QED) is 0.783. The van der Waals surface area contributed by atoms with Gasteiger partial charge in [-0.15, -0.1) is 0 Å². The molecule has 2 atom stereocenters. The van der Waals surface area contributed by atoms with Gasteiger partial charge >= 0.3 is 6.09 Å². The van der Waals surface area contributed by atoms with Crippen LogP contribution >= 0.6 is 21.6 Å². The van der Waals surface area contributed by atoms with Crippen molar-refractivity contribution in [3.63, 3.8) is 0 Å². The number of amides is 2. The number of carbonyl (C=O) groups is 2. The highest BCUT2D eigenvalue weighted by atomic mass is 33.1. The molecule has 1 aliphatic heterocycles. The molecule has 1 aliphatic rings. The molecule has 1 heterocycles. The Kier molecular flexibility index (Phi) is 6.71. The number of hydrogen-bond donors (Lipinski definition) is 1. The normalized spacial score (nSPS) is 22.2. The number of rotatable bonds is 5. The lowest BCUT2D eigenvalue weighted by Gasteiger charge is -2.38. The number of nitrogens with zero attached hydrogens (tertiary/aromatic N) is 1. The van der Waals surface area contributed by atoms with Crippen molar-refractivity contribution in [1.82, 2.24) is 10.2 Å². The summed E-state index contributed by atoms with van der Waals surface area (Å²) in [6.45, 7) is 8.03. The summed E-state index contributed by atoms with van der Waals surface area (Å²) >= 11 is 0. The fourth-order valence-electron chi connectivity index (χ4n) is 2.61. The molecule has 0 saturated carbocycles. The first kappa shape index (κ1) is 18.5. The van der Waals surface area contributed by atoms with Crippen molar-refractivity contribution in [3.05, 3.63) is 0 Å². The minimum atomic E-state index is -0.562. The highest BCUT2D eigenvalue weighted by Gasteiger charge is 2.45. The first-order chi connectivity index (χ1) is 9.74. The predicted molar refractivity (Wildman–Crippen MR) is 89.2 cm³/mol. The molecule has 0 aromatic carbocycles. The Labute approximate surface area is 135 Å². The van der Waals surface area contributed by atoms with Crippen molar-refractivity contribution in [1.29, 1.82) is 0 Å². The van der Waals surface area contributed by atoms with Crippen LogP contribution in [-0.2, 0) is 9.53 Å². The van der Waals surface area contributed by atoms with Crippen LogP contribution in [0.4, 0.5) is 4.79 Å². The molecule has 0 aromatic rings. The van der Waals surface area contributed by atoms with Crippen LogP contribution in [0, 0.1) is 5.92 Å². The zero-order valence-corrected chi connectivity index (χ0v) is 15.3. The van der Waals surface area contributed by atoms with E-state index in [9.17, 15) is 9.59 Å². The van der Waals surface area contributed by atoms with E-state index in [1.165, 1.54) is 7.11 Å². The third kappa shape index (κ3) is 4.45. The number of hydrogen-bond acceptors (Lipinski definition) is 5. The molecular formula is C14H26N2O3S2. The fraction of sp³-hybridized carbons (Fsp3) is 0.857. The van der Waals surface area contributed by atoms with E-state index >= 15 is 0 Å². The third-order valence-corrected chi connectivity index (χ3v) is 5.88. The number of nitrogens with one attached hydrogen (secondary N) is 1. The monoisotopic (exact) mass is 334 g/mol. The molecule has 0 bridgehead atoms. The summed E-state index contributed by atoms with van der Waals surface area (Å²) in [7, 11) is 4.69. The fourth-order valence-corrected chi connectivity index (χ4v) is 4.73. The van der Waals surface area contributed by atoms with Crippen LogP contribution in [0.3, 0.4) is 0 Å². The van der Waals surface area contributed by atoms with Gasteiger partial charge < -0.3 is 15.0 Å². The maximum absolute atomic E-state index is 13.0. The summed E-state index contributed by atoms with van der Waals surface area (Å²) in [5, 5.41) is 2.83. The Balaban J connectivity index is 2.96. The smallest absolute Gasteiger partial charge is 0.407 e. The topological polar surface area (TPSA) is 58.6 Å². The van der Waals surface area contributed by atoms with E-state index in [4.69, 9.17) is 0 Å². The predicted octanol–water partition coefficient (Wildman–Crippen LogP) is 3.11. The van der Waals surface area contributed by atoms with Crippen LogP contribution in [-0.4, -0.2) is 47.2 Å². The van der Waals surface area contributed by atoms with Gasteiger partial charge in [-0.05, 0) is 38.9 Å². The lowest BCUT2D eigenvalue weighted by atomic mass is 9.98. The molecule has 1 saturated heterocycles. The molecule has 1 unspecified atom stereocenters. The highest BCUT2D eigenvalue weighted by molar-refractivity contribution is 8.76. The molecule has 0 aromatic heterocycles. The van der Waals surface area contributed by atoms with E-state index < -0.39 is 12.1 Å². The van der Waals surface area contributed by atoms with Gasteiger partial charge in [-0.25, -0.2) is 4.79 Å². The Morgan fingerprint density at radius 1 is 1.38 bits per heavy atom. The van der Waals surface area contributed by atoms with E-state index in [0.717, 1.165) is 12.8 Å². The van der Waals surface area contributed by atoms with Gasteiger partial charge in [-0.2, -0.15) is 0 Å². The second kappa shape index (κ2) is 7.63. The second-order valence-electron chi connectivity index (χ2n) is 6.13. The summed E-state index contributed by atoms with van der Waals surface area (Å²) in [6, 6.07) is -0.556. The molecule has 0 aliphatic carbocycles. The third-order valence-electron chi connectivity index (χ3n) is 3.78. The molecular weight excluding hydrogens is 308 g/mol. The minimum Gasteiger partial charge on any atom is -0.453 e. The number of ether oxygens (including phenoxy) is 1. The van der Waals surface area contributed by atoms with E-state index in [1.54, 1.807) is 21.6 Å². The Bertz CT molecular complexity index is 388. The SMILES string of the molecule is COC(=O)N[C@H](C(=O)N1C(SSC)CCC1(C)C)C(C)C. The Morgan fingerprint density at radius 3 is 2.48 bits per heavy atom. The average Bonchev–Trinajstić information content (AvgIpc) is 2.70. The van der Waals surface area contributed by atoms with Crippen LogP contribution in [0.1, 0.15) is 40.5 Å². The van der Waals surface area contributed by atoms with Crippen LogP contribution < -0.4 is 5.32 Å². The van der Waals surface area contributed by atoms with Gasteiger partial charge in [0.25, 0.3) is 0 Å². The first-order valence-corrected chi connectivity index (χ1v) is 9.74. The lowest BCUT2D eigenvalue weighted by molar-refractivity contribution is -0.138. The van der Waals surface area contributed by atoms with Gasteiger partial charge in [-0.3, -0.25) is 4.79 Å². The number of likely N-dealkylation sites (tertiary alicyclic amines) is 1. The zero-order valence-electron chi connectivity index (χ0n) is 13.6. The standard InChI is InChI=1S/C14H26N2O3S2/c1-9(2)11(15-13(18)19-5)12(17)16-10(21-20-6)7-8-14(16,3)4/h9-11H,7-8H2,1-6H3,(H,15,18)/t10?,11-/m0/s1. The van der Waals surface area contributed by atoms with Gasteiger partial charge in [0.2, 0.25) is 5.91 Å². The van der Waals surface area contributed by atoms with Crippen LogP contribution in [0.25, 0.3) is 0 Å². The van der Waals surface area contributed by atoms with Crippen molar-refractivity contribution >= 4 is 33.6 Å². The van der Waals surface area contributed by atoms with Gasteiger partial charge in [0.1, 0.15) is 6.04 Å². The van der Waals surface area contributed by atoms with Gasteiger partial charge in [-0.1, -0.05) is 35.4 Å². The Morgan fingerprint density at radius 2 is 2.00 bits per heavy atom. The Hall–Kier alpha value is -0.560. The summed E-state index contributed by atoms with van der Waals surface area (Å²) in [6.07, 6.45) is 3.41. The molecule has 0 spiro atoms. The zero-order chi connectivity index (χ0) is 16.2. The van der Waals surface area contributed by atoms with Crippen LogP contribution in [0.5, 0.6) is 0 Å². The van der Waals surface area contributed by atoms with Gasteiger partial charge in [0, 0.05) is 5.54 Å². The van der Waals surface area contributed by atoms with Crippen LogP contribution in [0.2, 0.25) is 0 Å². The van der Waals surface area contributed by atoms with Crippen molar-refractivity contribution in [2.24, 2.45) is 5.92 Å². The maximum Gasteiger partial charge on any atom is 0.407 e. The molecule has 1 rings (SSSR count). The largest absolute Gasteiger partial charge is 0.453 e. The molecule has 1 fully saturated rings. The van der Waals surface area contributed by atoms with E-state index in [-0.39, 0.29) is 22.7 Å². The molecule has 122 valence electrons. The summed E-state index contributed by atoms with van der Waals surface area (Å²) in [4.78, 5) is 26.4. The number of alkyl carbamates (subject to hydrolysis) is 1. The maximum atomic E-state index is 13.0. The molecule has 1 N–H and O–H groups in total. The van der Waals surface area contributed by atoms with E-state index in [2.05, 4.69) is 23.9 Å². The summed E-state index contributed by atoms with van der Waals surface area (Å²) in [5.41, 5.74) is -0.185. The molecule has 21 heavy (non-hydrogen) atoms. The van der Waals surface area contributed by atoms with Gasteiger partial charge in [0.05, 0.1) is 12.5 Å². The van der Waals surface area contributed by atoms with Crippen molar-refractivity contribution in [3.8, 4) is 0 Å². The number of methoxy groups -OCH3 is 1. The number of carbonyl (C=O) groups excluding carboxylic acids is 2. The van der Waals surface area contributed by atoms with E-state index in [1.807, 2.05) is 25.0 Å². The van der Waals surface area contributed by atoms with Crippen molar-refractivity contribution in [2.75, 3.05) is 13.4 Å². The molecule has 0 radical (unpaired) electrons. The molecule has 7 heteroatoms. The first-order valence-electron chi connectivity index (χ1n) is 7.11.